The minimum absolute atomic E-state index is 0.204. The van der Waals surface area contributed by atoms with Gasteiger partial charge in [0.05, 0.1) is 26.6 Å². The Morgan fingerprint density at radius 2 is 1.65 bits per heavy atom. The number of ether oxygens (including phenoxy) is 4. The van der Waals surface area contributed by atoms with E-state index in [0.717, 1.165) is 16.9 Å². The van der Waals surface area contributed by atoms with Gasteiger partial charge in [0.15, 0.2) is 0 Å². The Hall–Kier alpha value is -2.56. The van der Waals surface area contributed by atoms with Crippen LogP contribution in [0.3, 0.4) is 0 Å². The van der Waals surface area contributed by atoms with E-state index in [4.69, 9.17) is 18.9 Å². The maximum absolute atomic E-state index is 6.13. The molecule has 0 aromatic heterocycles. The van der Waals surface area contributed by atoms with Crippen molar-refractivity contribution in [3.05, 3.63) is 90.7 Å². The van der Waals surface area contributed by atoms with Gasteiger partial charge in [0.1, 0.15) is 24.1 Å². The van der Waals surface area contributed by atoms with E-state index in [-0.39, 0.29) is 18.3 Å². The van der Waals surface area contributed by atoms with E-state index in [1.807, 2.05) is 60.7 Å². The Morgan fingerprint density at radius 1 is 0.962 bits per heavy atom. The smallest absolute Gasteiger partial charge is 0.145 e. The van der Waals surface area contributed by atoms with Crippen LogP contribution in [0.1, 0.15) is 11.1 Å². The molecule has 0 fully saturated rings. The van der Waals surface area contributed by atoms with Crippen LogP contribution >= 0.6 is 0 Å². The van der Waals surface area contributed by atoms with Gasteiger partial charge in [-0.15, -0.1) is 0 Å². The summed E-state index contributed by atoms with van der Waals surface area (Å²) in [4.78, 5) is 0. The van der Waals surface area contributed by atoms with Crippen molar-refractivity contribution in [2.75, 3.05) is 7.11 Å². The van der Waals surface area contributed by atoms with Crippen molar-refractivity contribution in [1.82, 2.24) is 0 Å². The normalized spacial score (nSPS) is 21.8. The summed E-state index contributed by atoms with van der Waals surface area (Å²) in [5.74, 6) is 0.825. The van der Waals surface area contributed by atoms with E-state index in [2.05, 4.69) is 6.58 Å². The summed E-state index contributed by atoms with van der Waals surface area (Å²) >= 11 is 0. The predicted molar refractivity (Wildman–Crippen MR) is 101 cm³/mol. The second kappa shape index (κ2) is 9.22. The quantitative estimate of drug-likeness (QED) is 0.665. The molecule has 0 saturated heterocycles. The molecule has 0 bridgehead atoms. The van der Waals surface area contributed by atoms with E-state index >= 15 is 0 Å². The highest BCUT2D eigenvalue weighted by atomic mass is 16.6. The van der Waals surface area contributed by atoms with Crippen LogP contribution in [0.2, 0.25) is 0 Å². The zero-order valence-corrected chi connectivity index (χ0v) is 14.9. The molecule has 1 heterocycles. The van der Waals surface area contributed by atoms with Crippen LogP contribution in [0, 0.1) is 0 Å². The number of hydrogen-bond acceptors (Lipinski definition) is 4. The Kier molecular flexibility index (Phi) is 6.47. The zero-order valence-electron chi connectivity index (χ0n) is 14.9. The van der Waals surface area contributed by atoms with Crippen LogP contribution in [0.4, 0.5) is 0 Å². The highest BCUT2D eigenvalue weighted by Crippen LogP contribution is 2.22. The van der Waals surface area contributed by atoms with E-state index < -0.39 is 0 Å². The van der Waals surface area contributed by atoms with Crippen molar-refractivity contribution < 1.29 is 18.9 Å². The molecule has 1 aliphatic heterocycles. The third-order valence-electron chi connectivity index (χ3n) is 4.27. The summed E-state index contributed by atoms with van der Waals surface area (Å²) in [5, 5.41) is 0. The topological polar surface area (TPSA) is 36.9 Å². The number of benzene rings is 2. The predicted octanol–water partition coefficient (Wildman–Crippen LogP) is 4.26. The second-order valence-corrected chi connectivity index (χ2v) is 6.05. The first-order valence-electron chi connectivity index (χ1n) is 8.65. The number of rotatable bonds is 8. The third kappa shape index (κ3) is 4.75. The molecule has 0 radical (unpaired) electrons. The van der Waals surface area contributed by atoms with Gasteiger partial charge in [-0.1, -0.05) is 49.0 Å². The van der Waals surface area contributed by atoms with Crippen molar-refractivity contribution in [3.63, 3.8) is 0 Å². The van der Waals surface area contributed by atoms with Crippen LogP contribution < -0.4 is 4.74 Å². The molecule has 136 valence electrons. The van der Waals surface area contributed by atoms with Crippen molar-refractivity contribution in [2.24, 2.45) is 0 Å². The first-order chi connectivity index (χ1) is 12.8. The van der Waals surface area contributed by atoms with Crippen molar-refractivity contribution in [2.45, 2.75) is 31.5 Å². The average Bonchev–Trinajstić information content (AvgIpc) is 2.72. The molecular formula is C22H24O4. The van der Waals surface area contributed by atoms with Gasteiger partial charge < -0.3 is 18.9 Å². The first kappa shape index (κ1) is 18.2. The van der Waals surface area contributed by atoms with Crippen molar-refractivity contribution >= 4 is 0 Å². The Balaban J connectivity index is 1.63. The molecule has 3 unspecified atom stereocenters. The van der Waals surface area contributed by atoms with Gasteiger partial charge >= 0.3 is 0 Å². The van der Waals surface area contributed by atoms with Gasteiger partial charge in [-0.3, -0.25) is 0 Å². The minimum Gasteiger partial charge on any atom is -0.497 e. The second-order valence-electron chi connectivity index (χ2n) is 6.05. The molecular weight excluding hydrogens is 328 g/mol. The molecule has 0 spiro atoms. The molecule has 26 heavy (non-hydrogen) atoms. The lowest BCUT2D eigenvalue weighted by Crippen LogP contribution is -2.42. The van der Waals surface area contributed by atoms with Gasteiger partial charge in [-0.25, -0.2) is 0 Å². The van der Waals surface area contributed by atoms with Crippen LogP contribution in [0.15, 0.2) is 79.6 Å². The van der Waals surface area contributed by atoms with Gasteiger partial charge in [-0.05, 0) is 35.4 Å². The molecule has 3 rings (SSSR count). The molecule has 0 aliphatic carbocycles. The summed E-state index contributed by atoms with van der Waals surface area (Å²) in [5.41, 5.74) is 2.18. The number of methoxy groups -OCH3 is 1. The fourth-order valence-electron chi connectivity index (χ4n) is 2.80. The van der Waals surface area contributed by atoms with Crippen LogP contribution in [0.25, 0.3) is 0 Å². The first-order valence-corrected chi connectivity index (χ1v) is 8.65. The lowest BCUT2D eigenvalue weighted by Gasteiger charge is -2.33. The monoisotopic (exact) mass is 352 g/mol. The largest absolute Gasteiger partial charge is 0.497 e. The molecule has 2 aromatic rings. The summed E-state index contributed by atoms with van der Waals surface area (Å²) in [6.07, 6.45) is 4.59. The summed E-state index contributed by atoms with van der Waals surface area (Å²) < 4.78 is 23.0. The maximum atomic E-state index is 6.13. The van der Waals surface area contributed by atoms with E-state index in [1.165, 1.54) is 0 Å². The van der Waals surface area contributed by atoms with E-state index in [1.54, 1.807) is 19.4 Å². The van der Waals surface area contributed by atoms with Crippen LogP contribution in [-0.2, 0) is 27.4 Å². The fraction of sp³-hybridized carbons (Fsp3) is 0.273. The lowest BCUT2D eigenvalue weighted by atomic mass is 10.1. The molecule has 0 saturated carbocycles. The molecule has 3 atom stereocenters. The molecule has 1 aliphatic rings. The van der Waals surface area contributed by atoms with Crippen LogP contribution in [0.5, 0.6) is 5.75 Å². The Labute approximate surface area is 154 Å². The maximum Gasteiger partial charge on any atom is 0.145 e. The van der Waals surface area contributed by atoms with Crippen molar-refractivity contribution in [1.29, 1.82) is 0 Å². The van der Waals surface area contributed by atoms with Gasteiger partial charge in [0.2, 0.25) is 0 Å². The molecule has 0 N–H and O–H groups in total. The Morgan fingerprint density at radius 3 is 2.35 bits per heavy atom. The van der Waals surface area contributed by atoms with Gasteiger partial charge in [0, 0.05) is 0 Å². The molecule has 4 nitrogen and oxygen atoms in total. The highest BCUT2D eigenvalue weighted by Gasteiger charge is 2.32. The summed E-state index contributed by atoms with van der Waals surface area (Å²) in [7, 11) is 1.65. The molecule has 0 amide bonds. The van der Waals surface area contributed by atoms with E-state index in [0.29, 0.717) is 13.2 Å². The zero-order chi connectivity index (χ0) is 18.2. The lowest BCUT2D eigenvalue weighted by molar-refractivity contribution is -0.117. The fourth-order valence-corrected chi connectivity index (χ4v) is 2.80. The third-order valence-corrected chi connectivity index (χ3v) is 4.27. The van der Waals surface area contributed by atoms with E-state index in [9.17, 15) is 0 Å². The molecule has 2 aromatic carbocycles. The average molecular weight is 352 g/mol. The minimum atomic E-state index is -0.261. The Bertz CT molecular complexity index is 709. The summed E-state index contributed by atoms with van der Waals surface area (Å²) in [6.45, 7) is 4.83. The van der Waals surface area contributed by atoms with Gasteiger partial charge in [-0.2, -0.15) is 0 Å². The summed E-state index contributed by atoms with van der Waals surface area (Å²) in [6, 6.07) is 17.9. The molecule has 4 heteroatoms. The van der Waals surface area contributed by atoms with Crippen LogP contribution in [-0.4, -0.2) is 25.4 Å². The highest BCUT2D eigenvalue weighted by molar-refractivity contribution is 5.26. The SMILES string of the molecule is C=CC1OC=CC(OCc2ccccc2)C1OCc1ccc(OC)cc1. The number of hydrogen-bond donors (Lipinski definition) is 0. The standard InChI is InChI=1S/C22H24O4/c1-3-20-22(26-16-18-9-11-19(23-2)12-10-18)21(13-14-24-20)25-15-17-7-5-4-6-8-17/h3-14,20-22H,1,15-16H2,2H3. The van der Waals surface area contributed by atoms with Crippen molar-refractivity contribution in [3.8, 4) is 5.75 Å². The van der Waals surface area contributed by atoms with Gasteiger partial charge in [0.25, 0.3) is 0 Å².